The van der Waals surface area contributed by atoms with Gasteiger partial charge in [0.25, 0.3) is 18.7 Å². The highest BCUT2D eigenvalue weighted by Crippen LogP contribution is 2.68. The van der Waals surface area contributed by atoms with E-state index >= 15 is 0 Å². The van der Waals surface area contributed by atoms with E-state index in [-0.39, 0.29) is 16.7 Å². The van der Waals surface area contributed by atoms with Gasteiger partial charge in [0.15, 0.2) is 0 Å². The molecular weight excluding hydrogens is 316 g/mol. The van der Waals surface area contributed by atoms with E-state index in [4.69, 9.17) is 9.47 Å². The van der Waals surface area contributed by atoms with Gasteiger partial charge in [0.1, 0.15) is 0 Å². The van der Waals surface area contributed by atoms with Crippen molar-refractivity contribution in [2.75, 3.05) is 0 Å². The quantitative estimate of drug-likeness (QED) is 0.430. The molecule has 0 aromatic carbocycles. The van der Waals surface area contributed by atoms with E-state index in [1.165, 1.54) is 25.7 Å². The molecule has 25 heavy (non-hydrogen) atoms. The molecule has 0 amide bonds. The normalized spacial score (nSPS) is 44.6. The first-order valence-corrected chi connectivity index (χ1v) is 9.91. The van der Waals surface area contributed by atoms with Crippen molar-refractivity contribution in [2.45, 2.75) is 77.4 Å². The van der Waals surface area contributed by atoms with Gasteiger partial charge in [0.05, 0.1) is 0 Å². The number of fused-ring (bicyclic) bond motifs is 5. The first-order chi connectivity index (χ1) is 12.0. The molecule has 4 aliphatic rings. The fourth-order valence-corrected chi connectivity index (χ4v) is 7.24. The predicted molar refractivity (Wildman–Crippen MR) is 93.3 cm³/mol. The molecule has 0 aromatic rings. The van der Waals surface area contributed by atoms with Crippen LogP contribution in [0.4, 0.5) is 0 Å². The third-order valence-electron chi connectivity index (χ3n) is 8.33. The summed E-state index contributed by atoms with van der Waals surface area (Å²) < 4.78 is 11.1. The maximum Gasteiger partial charge on any atom is 0.296 e. The van der Waals surface area contributed by atoms with Crippen LogP contribution in [0.5, 0.6) is 0 Å². The monoisotopic (exact) mass is 346 g/mol. The summed E-state index contributed by atoms with van der Waals surface area (Å²) in [7, 11) is 0. The molecule has 4 nitrogen and oxygen atoms in total. The largest absolute Gasteiger partial charge is 0.424 e. The van der Waals surface area contributed by atoms with Gasteiger partial charge in [-0.1, -0.05) is 25.5 Å². The molecule has 5 atom stereocenters. The number of allylic oxidation sites excluding steroid dienone is 2. The molecule has 4 aliphatic carbocycles. The molecule has 0 aromatic heterocycles. The average Bonchev–Trinajstić information content (AvgIpc) is 2.88. The van der Waals surface area contributed by atoms with Gasteiger partial charge in [0.2, 0.25) is 0 Å². The van der Waals surface area contributed by atoms with Gasteiger partial charge < -0.3 is 9.47 Å². The Morgan fingerprint density at radius 2 is 1.80 bits per heavy atom. The summed E-state index contributed by atoms with van der Waals surface area (Å²) in [5, 5.41) is 0. The van der Waals surface area contributed by atoms with Crippen LogP contribution in [0.25, 0.3) is 0 Å². The molecule has 4 heteroatoms. The second-order valence-corrected chi connectivity index (χ2v) is 9.26. The van der Waals surface area contributed by atoms with E-state index in [0.29, 0.717) is 31.2 Å². The summed E-state index contributed by atoms with van der Waals surface area (Å²) in [5.41, 5.74) is 2.03. The van der Waals surface area contributed by atoms with E-state index in [2.05, 4.69) is 19.9 Å². The van der Waals surface area contributed by atoms with Gasteiger partial charge in [-0.05, 0) is 74.0 Å². The highest BCUT2D eigenvalue weighted by Gasteiger charge is 2.66. The van der Waals surface area contributed by atoms with Crippen molar-refractivity contribution in [3.63, 3.8) is 0 Å². The Bertz CT molecular complexity index is 587. The number of hydrogen-bond donors (Lipinski definition) is 0. The summed E-state index contributed by atoms with van der Waals surface area (Å²) in [6.45, 7) is 5.73. The molecule has 0 saturated heterocycles. The van der Waals surface area contributed by atoms with E-state index in [0.717, 1.165) is 25.7 Å². The Kier molecular flexibility index (Phi) is 4.01. The lowest BCUT2D eigenvalue weighted by Gasteiger charge is -2.58. The Morgan fingerprint density at radius 1 is 1.04 bits per heavy atom. The van der Waals surface area contributed by atoms with Gasteiger partial charge >= 0.3 is 0 Å². The maximum atomic E-state index is 11.2. The minimum atomic E-state index is -1.05. The van der Waals surface area contributed by atoms with Crippen molar-refractivity contribution in [3.05, 3.63) is 11.6 Å². The number of ether oxygens (including phenoxy) is 2. The minimum absolute atomic E-state index is 0.0967. The van der Waals surface area contributed by atoms with Crippen molar-refractivity contribution < 1.29 is 19.1 Å². The number of rotatable bonds is 4. The third kappa shape index (κ3) is 2.32. The van der Waals surface area contributed by atoms with Crippen molar-refractivity contribution in [1.29, 1.82) is 0 Å². The highest BCUT2D eigenvalue weighted by atomic mass is 16.7. The lowest BCUT2D eigenvalue weighted by molar-refractivity contribution is -0.250. The van der Waals surface area contributed by atoms with Crippen LogP contribution in [-0.2, 0) is 19.1 Å². The zero-order chi connectivity index (χ0) is 17.7. The van der Waals surface area contributed by atoms with Crippen molar-refractivity contribution >= 4 is 12.9 Å². The Balaban J connectivity index is 1.74. The lowest BCUT2D eigenvalue weighted by Crippen LogP contribution is -2.56. The summed E-state index contributed by atoms with van der Waals surface area (Å²) in [6.07, 6.45) is 12.5. The van der Waals surface area contributed by atoms with Crippen LogP contribution in [0.3, 0.4) is 0 Å². The first-order valence-electron chi connectivity index (χ1n) is 9.91. The first kappa shape index (κ1) is 17.1. The molecule has 0 N–H and O–H groups in total. The van der Waals surface area contributed by atoms with Gasteiger partial charge in [-0.3, -0.25) is 9.59 Å². The smallest absolute Gasteiger partial charge is 0.296 e. The molecule has 4 rings (SSSR count). The predicted octanol–water partition coefficient (Wildman–Crippen LogP) is 4.38. The SMILES string of the molecule is C[C@]12CC[C@H]3[C@@H](CCC4=CCCC[C@@]43C)[C@@H]1C(OC=O)(OC=O)CC2. The molecule has 0 spiro atoms. The molecular formula is C21H30O4. The van der Waals surface area contributed by atoms with Crippen molar-refractivity contribution in [3.8, 4) is 0 Å². The molecule has 138 valence electrons. The number of hydrogen-bond acceptors (Lipinski definition) is 4. The van der Waals surface area contributed by atoms with Crippen LogP contribution in [0.1, 0.15) is 71.6 Å². The lowest BCUT2D eigenvalue weighted by atomic mass is 9.47. The summed E-state index contributed by atoms with van der Waals surface area (Å²) in [5.74, 6) is 0.137. The fourth-order valence-electron chi connectivity index (χ4n) is 7.24. The van der Waals surface area contributed by atoms with Crippen LogP contribution >= 0.6 is 0 Å². The third-order valence-corrected chi connectivity index (χ3v) is 8.33. The van der Waals surface area contributed by atoms with Crippen LogP contribution in [0.2, 0.25) is 0 Å². The van der Waals surface area contributed by atoms with Crippen molar-refractivity contribution in [1.82, 2.24) is 0 Å². The zero-order valence-corrected chi connectivity index (χ0v) is 15.5. The van der Waals surface area contributed by atoms with E-state index < -0.39 is 5.79 Å². The summed E-state index contributed by atoms with van der Waals surface area (Å²) in [6, 6.07) is 0. The van der Waals surface area contributed by atoms with Crippen LogP contribution in [-0.4, -0.2) is 18.7 Å². The van der Waals surface area contributed by atoms with Gasteiger partial charge in [-0.2, -0.15) is 0 Å². The molecule has 0 bridgehead atoms. The second-order valence-electron chi connectivity index (χ2n) is 9.26. The Labute approximate surface area is 150 Å². The average molecular weight is 346 g/mol. The van der Waals surface area contributed by atoms with Crippen LogP contribution in [0, 0.1) is 28.6 Å². The summed E-state index contributed by atoms with van der Waals surface area (Å²) >= 11 is 0. The van der Waals surface area contributed by atoms with Crippen LogP contribution in [0.15, 0.2) is 11.6 Å². The van der Waals surface area contributed by atoms with Crippen molar-refractivity contribution in [2.24, 2.45) is 28.6 Å². The summed E-state index contributed by atoms with van der Waals surface area (Å²) in [4.78, 5) is 22.5. The topological polar surface area (TPSA) is 52.6 Å². The van der Waals surface area contributed by atoms with Gasteiger partial charge in [0, 0.05) is 12.3 Å². The molecule has 0 heterocycles. The number of carbonyl (C=O) groups excluding carboxylic acids is 2. The maximum absolute atomic E-state index is 11.2. The number of carbonyl (C=O) groups is 2. The minimum Gasteiger partial charge on any atom is -0.424 e. The van der Waals surface area contributed by atoms with Gasteiger partial charge in [-0.15, -0.1) is 0 Å². The zero-order valence-electron chi connectivity index (χ0n) is 15.5. The standard InChI is InChI=1S/C21H30O4/c1-19-10-8-17-16(7-6-15-5-3-4-9-20(15,17)2)18(19)21(12-11-19,24-13-22)25-14-23/h5,13-14,16-18H,3-4,6-12H2,1-2H3/t16-,17+,18+,19-,20+/m1/s1. The molecule has 0 unspecified atom stereocenters. The Hall–Kier alpha value is -1.32. The molecule has 0 aliphatic heterocycles. The van der Waals surface area contributed by atoms with Crippen LogP contribution < -0.4 is 0 Å². The van der Waals surface area contributed by atoms with Gasteiger partial charge in [-0.25, -0.2) is 0 Å². The second kappa shape index (κ2) is 5.85. The van der Waals surface area contributed by atoms with E-state index in [1.807, 2.05) is 0 Å². The molecule has 3 fully saturated rings. The van der Waals surface area contributed by atoms with E-state index in [9.17, 15) is 9.59 Å². The molecule has 3 saturated carbocycles. The Morgan fingerprint density at radius 3 is 2.52 bits per heavy atom. The fraction of sp³-hybridized carbons (Fsp3) is 0.810. The highest BCUT2D eigenvalue weighted by molar-refractivity contribution is 5.42. The van der Waals surface area contributed by atoms with E-state index in [1.54, 1.807) is 5.57 Å². The molecule has 0 radical (unpaired) electrons.